The number of carboxylic acid groups (broad SMARTS) is 1. The molecule has 0 aliphatic heterocycles. The van der Waals surface area contributed by atoms with Gasteiger partial charge in [0, 0.05) is 6.08 Å². The number of aryl methyl sites for hydroxylation is 1. The minimum Gasteiger partial charge on any atom is -0.489 e. The molecular weight excluding hydrogens is 216 g/mol. The smallest absolute Gasteiger partial charge is 0.328 e. The van der Waals surface area contributed by atoms with Gasteiger partial charge in [0.2, 0.25) is 0 Å². The van der Waals surface area contributed by atoms with E-state index in [-0.39, 0.29) is 0 Å². The Morgan fingerprint density at radius 1 is 1.53 bits per heavy atom. The molecule has 0 bridgehead atoms. The summed E-state index contributed by atoms with van der Waals surface area (Å²) in [6.45, 7) is 2.38. The van der Waals surface area contributed by atoms with E-state index in [1.807, 2.05) is 31.2 Å². The van der Waals surface area contributed by atoms with Crippen LogP contribution in [0.2, 0.25) is 0 Å². The van der Waals surface area contributed by atoms with Gasteiger partial charge in [0.1, 0.15) is 12.4 Å². The van der Waals surface area contributed by atoms with E-state index in [0.717, 1.165) is 29.7 Å². The molecule has 0 unspecified atom stereocenters. The second-order valence-corrected chi connectivity index (χ2v) is 4.44. The zero-order valence-electron chi connectivity index (χ0n) is 9.85. The number of hydrogen-bond donors (Lipinski definition) is 1. The van der Waals surface area contributed by atoms with Crippen molar-refractivity contribution in [3.63, 3.8) is 0 Å². The van der Waals surface area contributed by atoms with Crippen LogP contribution in [0, 0.1) is 12.8 Å². The van der Waals surface area contributed by atoms with E-state index in [1.165, 1.54) is 6.08 Å². The largest absolute Gasteiger partial charge is 0.489 e. The summed E-state index contributed by atoms with van der Waals surface area (Å²) in [4.78, 5) is 10.7. The molecule has 0 heterocycles. The number of benzene rings is 1. The van der Waals surface area contributed by atoms with Gasteiger partial charge in [-0.05, 0) is 49.0 Å². The number of carbonyl (C=O) groups is 1. The molecule has 2 rings (SSSR count). The molecule has 1 aliphatic rings. The Kier molecular flexibility index (Phi) is 3.47. The summed E-state index contributed by atoms with van der Waals surface area (Å²) in [5, 5.41) is 8.77. The zero-order chi connectivity index (χ0) is 12.3. The quantitative estimate of drug-likeness (QED) is 0.794. The molecule has 0 aromatic heterocycles. The molecule has 0 atom stereocenters. The number of rotatable bonds is 5. The van der Waals surface area contributed by atoms with Crippen LogP contribution in [-0.4, -0.2) is 17.7 Å². The van der Waals surface area contributed by atoms with Crippen LogP contribution >= 0.6 is 0 Å². The first-order valence-electron chi connectivity index (χ1n) is 5.78. The van der Waals surface area contributed by atoms with Crippen molar-refractivity contribution in [2.45, 2.75) is 19.8 Å². The van der Waals surface area contributed by atoms with Gasteiger partial charge in [0.25, 0.3) is 0 Å². The first-order valence-corrected chi connectivity index (χ1v) is 5.78. The molecule has 3 nitrogen and oxygen atoms in total. The highest BCUT2D eigenvalue weighted by Gasteiger charge is 2.26. The van der Waals surface area contributed by atoms with Gasteiger partial charge >= 0.3 is 5.97 Å². The molecular formula is C14H16O3. The molecule has 0 radical (unpaired) electrons. The first-order chi connectivity index (χ1) is 8.15. The van der Waals surface area contributed by atoms with Gasteiger partial charge in [0.05, 0.1) is 0 Å². The fourth-order valence-electron chi connectivity index (χ4n) is 1.76. The van der Waals surface area contributed by atoms with E-state index in [2.05, 4.69) is 0 Å². The average Bonchev–Trinajstić information content (AvgIpc) is 3.07. The van der Waals surface area contributed by atoms with Crippen molar-refractivity contribution in [2.24, 2.45) is 5.92 Å². The summed E-state index contributed by atoms with van der Waals surface area (Å²) in [6.07, 6.45) is 3.44. The van der Waals surface area contributed by atoms with E-state index < -0.39 is 5.97 Å². The van der Waals surface area contributed by atoms with Gasteiger partial charge in [-0.15, -0.1) is 0 Å². The third kappa shape index (κ3) is 3.63. The molecule has 1 fully saturated rings. The van der Waals surface area contributed by atoms with Crippen LogP contribution in [-0.2, 0) is 4.79 Å². The molecule has 17 heavy (non-hydrogen) atoms. The molecule has 0 saturated heterocycles. The van der Waals surface area contributed by atoms with Gasteiger partial charge in [-0.2, -0.15) is 0 Å². The van der Waals surface area contributed by atoms with Crippen molar-refractivity contribution in [1.29, 1.82) is 0 Å². The number of aliphatic carboxylic acids is 1. The van der Waals surface area contributed by atoms with Crippen molar-refractivity contribution >= 4 is 5.97 Å². The predicted molar refractivity (Wildman–Crippen MR) is 65.1 cm³/mol. The van der Waals surface area contributed by atoms with Gasteiger partial charge in [-0.3, -0.25) is 0 Å². The predicted octanol–water partition coefficient (Wildman–Crippen LogP) is 2.79. The molecule has 1 aliphatic carbocycles. The van der Waals surface area contributed by atoms with Crippen molar-refractivity contribution in [1.82, 2.24) is 0 Å². The fraction of sp³-hybridized carbons (Fsp3) is 0.357. The molecule has 3 heteroatoms. The zero-order valence-corrected chi connectivity index (χ0v) is 9.85. The second-order valence-electron chi connectivity index (χ2n) is 4.44. The number of ether oxygens (including phenoxy) is 1. The van der Waals surface area contributed by atoms with Crippen molar-refractivity contribution in [2.75, 3.05) is 6.61 Å². The highest BCUT2D eigenvalue weighted by atomic mass is 16.5. The summed E-state index contributed by atoms with van der Waals surface area (Å²) >= 11 is 0. The monoisotopic (exact) mass is 232 g/mol. The summed E-state index contributed by atoms with van der Waals surface area (Å²) in [6, 6.07) is 7.77. The van der Waals surface area contributed by atoms with E-state index in [9.17, 15) is 4.79 Å². The molecule has 0 spiro atoms. The average molecular weight is 232 g/mol. The summed E-state index contributed by atoms with van der Waals surface area (Å²) in [7, 11) is 0. The van der Waals surface area contributed by atoms with Gasteiger partial charge in [0.15, 0.2) is 0 Å². The Morgan fingerprint density at radius 3 is 2.88 bits per heavy atom. The lowest BCUT2D eigenvalue weighted by molar-refractivity contribution is -0.131. The van der Waals surface area contributed by atoms with Gasteiger partial charge < -0.3 is 9.84 Å². The van der Waals surface area contributed by atoms with Crippen LogP contribution in [0.15, 0.2) is 35.9 Å². The topological polar surface area (TPSA) is 46.5 Å². The van der Waals surface area contributed by atoms with E-state index in [1.54, 1.807) is 0 Å². The number of hydrogen-bond acceptors (Lipinski definition) is 2. The minimum atomic E-state index is -0.889. The Morgan fingerprint density at radius 2 is 2.29 bits per heavy atom. The second kappa shape index (κ2) is 5.04. The third-order valence-corrected chi connectivity index (χ3v) is 2.81. The highest BCUT2D eigenvalue weighted by Crippen LogP contribution is 2.36. The van der Waals surface area contributed by atoms with Crippen LogP contribution < -0.4 is 4.74 Å². The van der Waals surface area contributed by atoms with Gasteiger partial charge in [-0.1, -0.05) is 12.1 Å². The Hall–Kier alpha value is -1.77. The fourth-order valence-corrected chi connectivity index (χ4v) is 1.76. The van der Waals surface area contributed by atoms with Crippen LogP contribution in [0.1, 0.15) is 18.4 Å². The number of carboxylic acids is 1. The normalized spacial score (nSPS) is 15.7. The van der Waals surface area contributed by atoms with Crippen LogP contribution in [0.25, 0.3) is 0 Å². The molecule has 90 valence electrons. The SMILES string of the molecule is Cc1cccc(OC/C(=C/C(=O)O)C2CC2)c1. The van der Waals surface area contributed by atoms with E-state index >= 15 is 0 Å². The summed E-state index contributed by atoms with van der Waals surface area (Å²) < 4.78 is 5.62. The van der Waals surface area contributed by atoms with E-state index in [4.69, 9.17) is 9.84 Å². The standard InChI is InChI=1S/C14H16O3/c1-10-3-2-4-13(7-10)17-9-12(8-14(15)16)11-5-6-11/h2-4,7-8,11H,5-6,9H2,1H3,(H,15,16)/b12-8-. The summed E-state index contributed by atoms with van der Waals surface area (Å²) in [5.41, 5.74) is 2.02. The lowest BCUT2D eigenvalue weighted by Crippen LogP contribution is -2.05. The molecule has 1 aromatic rings. The maximum atomic E-state index is 10.7. The van der Waals surface area contributed by atoms with Crippen LogP contribution in [0.4, 0.5) is 0 Å². The third-order valence-electron chi connectivity index (χ3n) is 2.81. The highest BCUT2D eigenvalue weighted by molar-refractivity contribution is 5.80. The maximum absolute atomic E-state index is 10.7. The molecule has 1 aromatic carbocycles. The molecule has 0 amide bonds. The first kappa shape index (κ1) is 11.7. The van der Waals surface area contributed by atoms with Crippen LogP contribution in [0.5, 0.6) is 5.75 Å². The van der Waals surface area contributed by atoms with Crippen molar-refractivity contribution in [3.8, 4) is 5.75 Å². The molecule has 1 N–H and O–H groups in total. The lowest BCUT2D eigenvalue weighted by atomic mass is 10.1. The molecule has 1 saturated carbocycles. The van der Waals surface area contributed by atoms with Crippen molar-refractivity contribution < 1.29 is 14.6 Å². The maximum Gasteiger partial charge on any atom is 0.328 e. The van der Waals surface area contributed by atoms with Crippen molar-refractivity contribution in [3.05, 3.63) is 41.5 Å². The Balaban J connectivity index is 1.98. The van der Waals surface area contributed by atoms with E-state index in [0.29, 0.717) is 12.5 Å². The summed E-state index contributed by atoms with van der Waals surface area (Å²) in [5.74, 6) is 0.317. The Labute approximate surface area is 101 Å². The lowest BCUT2D eigenvalue weighted by Gasteiger charge is -2.09. The Bertz CT molecular complexity index is 445. The minimum absolute atomic E-state index is 0.375. The van der Waals surface area contributed by atoms with Crippen LogP contribution in [0.3, 0.4) is 0 Å². The van der Waals surface area contributed by atoms with Gasteiger partial charge in [-0.25, -0.2) is 4.79 Å².